The molecular weight excluding hydrogens is 230 g/mol. The predicted octanol–water partition coefficient (Wildman–Crippen LogP) is 2.60. The lowest BCUT2D eigenvalue weighted by atomic mass is 10.1. The van der Waals surface area contributed by atoms with Gasteiger partial charge in [-0.25, -0.2) is 4.79 Å². The summed E-state index contributed by atoms with van der Waals surface area (Å²) < 4.78 is 5.07. The van der Waals surface area contributed by atoms with Crippen molar-refractivity contribution in [1.82, 2.24) is 5.32 Å². The number of allylic oxidation sites excluding steroid dienone is 2. The zero-order valence-electron chi connectivity index (χ0n) is 11.0. The van der Waals surface area contributed by atoms with Crippen LogP contribution in [0.1, 0.15) is 33.1 Å². The maximum Gasteiger partial charge on any atom is 0.408 e. The summed E-state index contributed by atoms with van der Waals surface area (Å²) in [6.07, 6.45) is 8.94. The number of hydrogen-bond donors (Lipinski definition) is 1. The first-order valence-electron chi connectivity index (χ1n) is 6.36. The second kappa shape index (κ2) is 7.69. The topological polar surface area (TPSA) is 55.4 Å². The van der Waals surface area contributed by atoms with Gasteiger partial charge in [-0.15, -0.1) is 0 Å². The number of carbonyl (C=O) groups excluding carboxylic acids is 2. The fourth-order valence-corrected chi connectivity index (χ4v) is 1.77. The lowest BCUT2D eigenvalue weighted by Crippen LogP contribution is -2.37. The molecule has 1 amide bonds. The lowest BCUT2D eigenvalue weighted by molar-refractivity contribution is -0.109. The summed E-state index contributed by atoms with van der Waals surface area (Å²) in [6.45, 7) is 4.26. The third kappa shape index (κ3) is 5.66. The molecule has 1 aliphatic carbocycles. The highest BCUT2D eigenvalue weighted by Crippen LogP contribution is 2.10. The van der Waals surface area contributed by atoms with Crippen molar-refractivity contribution in [3.63, 3.8) is 0 Å². The molecule has 0 aromatic carbocycles. The van der Waals surface area contributed by atoms with Crippen molar-refractivity contribution in [2.24, 2.45) is 5.92 Å². The molecule has 0 aromatic rings. The fourth-order valence-electron chi connectivity index (χ4n) is 1.77. The molecule has 0 saturated carbocycles. The Morgan fingerprint density at radius 2 is 2.28 bits per heavy atom. The third-order valence-corrected chi connectivity index (χ3v) is 2.63. The van der Waals surface area contributed by atoms with Gasteiger partial charge in [0.05, 0.1) is 6.04 Å². The molecular formula is C14H21NO3. The van der Waals surface area contributed by atoms with Crippen molar-refractivity contribution in [2.75, 3.05) is 6.61 Å². The molecule has 1 rings (SSSR count). The summed E-state index contributed by atoms with van der Waals surface area (Å²) in [6, 6.07) is -0.464. The summed E-state index contributed by atoms with van der Waals surface area (Å²) in [5.74, 6) is 0.351. The summed E-state index contributed by atoms with van der Waals surface area (Å²) in [5.41, 5.74) is 1.00. The first kappa shape index (κ1) is 14.5. The van der Waals surface area contributed by atoms with Crippen LogP contribution in [0.5, 0.6) is 0 Å². The van der Waals surface area contributed by atoms with Crippen LogP contribution in [0.2, 0.25) is 0 Å². The van der Waals surface area contributed by atoms with Crippen LogP contribution in [0.15, 0.2) is 23.8 Å². The van der Waals surface area contributed by atoms with Gasteiger partial charge in [0.15, 0.2) is 0 Å². The van der Waals surface area contributed by atoms with E-state index in [9.17, 15) is 9.59 Å². The Morgan fingerprint density at radius 1 is 1.50 bits per heavy atom. The van der Waals surface area contributed by atoms with Gasteiger partial charge in [-0.3, -0.25) is 0 Å². The van der Waals surface area contributed by atoms with Gasteiger partial charge in [-0.1, -0.05) is 32.1 Å². The number of nitrogens with one attached hydrogen (secondary N) is 1. The number of amides is 1. The Kier molecular flexibility index (Phi) is 6.19. The third-order valence-electron chi connectivity index (χ3n) is 2.63. The van der Waals surface area contributed by atoms with Crippen LogP contribution in [-0.2, 0) is 9.53 Å². The van der Waals surface area contributed by atoms with Crippen LogP contribution in [0.3, 0.4) is 0 Å². The van der Waals surface area contributed by atoms with E-state index in [0.717, 1.165) is 24.7 Å². The SMILES string of the molecule is CC(C)CC(C=O)NC(=O)OCC1=CCCC=C1. The van der Waals surface area contributed by atoms with Gasteiger partial charge in [-0.2, -0.15) is 0 Å². The second-order valence-electron chi connectivity index (χ2n) is 4.85. The standard InChI is InChI=1S/C14H21NO3/c1-11(2)8-13(9-16)15-14(17)18-10-12-6-4-3-5-7-12/h4,6-7,9,11,13H,3,5,8,10H2,1-2H3,(H,15,17). The molecule has 1 unspecified atom stereocenters. The average Bonchev–Trinajstić information content (AvgIpc) is 2.36. The highest BCUT2D eigenvalue weighted by atomic mass is 16.5. The molecule has 0 fully saturated rings. The van der Waals surface area contributed by atoms with E-state index in [0.29, 0.717) is 12.3 Å². The molecule has 0 aromatic heterocycles. The maximum absolute atomic E-state index is 11.5. The average molecular weight is 251 g/mol. The van der Waals surface area contributed by atoms with E-state index in [1.165, 1.54) is 0 Å². The van der Waals surface area contributed by atoms with E-state index >= 15 is 0 Å². The molecule has 0 bridgehead atoms. The predicted molar refractivity (Wildman–Crippen MR) is 70.2 cm³/mol. The van der Waals surface area contributed by atoms with Crippen LogP contribution in [0.25, 0.3) is 0 Å². The number of carbonyl (C=O) groups is 2. The number of hydrogen-bond acceptors (Lipinski definition) is 3. The summed E-state index contributed by atoms with van der Waals surface area (Å²) in [4.78, 5) is 22.3. The second-order valence-corrected chi connectivity index (χ2v) is 4.85. The molecule has 1 aliphatic rings. The van der Waals surface area contributed by atoms with Crippen molar-refractivity contribution in [2.45, 2.75) is 39.2 Å². The Morgan fingerprint density at radius 3 is 2.83 bits per heavy atom. The number of alkyl carbamates (subject to hydrolysis) is 1. The zero-order chi connectivity index (χ0) is 13.4. The lowest BCUT2D eigenvalue weighted by Gasteiger charge is -2.15. The van der Waals surface area contributed by atoms with Crippen LogP contribution >= 0.6 is 0 Å². The molecule has 4 nitrogen and oxygen atoms in total. The molecule has 4 heteroatoms. The largest absolute Gasteiger partial charge is 0.445 e. The highest BCUT2D eigenvalue weighted by Gasteiger charge is 2.13. The first-order valence-corrected chi connectivity index (χ1v) is 6.36. The van der Waals surface area contributed by atoms with Gasteiger partial charge >= 0.3 is 6.09 Å². The molecule has 0 heterocycles. The molecule has 0 radical (unpaired) electrons. The van der Waals surface area contributed by atoms with E-state index in [1.807, 2.05) is 19.9 Å². The highest BCUT2D eigenvalue weighted by molar-refractivity contribution is 5.73. The van der Waals surface area contributed by atoms with Gasteiger partial charge in [0.25, 0.3) is 0 Å². The first-order chi connectivity index (χ1) is 8.61. The van der Waals surface area contributed by atoms with Crippen LogP contribution in [0, 0.1) is 5.92 Å². The minimum atomic E-state index is -0.535. The minimum absolute atomic E-state index is 0.260. The van der Waals surface area contributed by atoms with Crippen molar-refractivity contribution < 1.29 is 14.3 Å². The fraction of sp³-hybridized carbons (Fsp3) is 0.571. The quantitative estimate of drug-likeness (QED) is 0.738. The van der Waals surface area contributed by atoms with Crippen LogP contribution in [0.4, 0.5) is 4.79 Å². The number of ether oxygens (including phenoxy) is 1. The maximum atomic E-state index is 11.5. The van der Waals surface area contributed by atoms with E-state index in [4.69, 9.17) is 4.74 Å². The van der Waals surface area contributed by atoms with E-state index in [1.54, 1.807) is 0 Å². The molecule has 0 spiro atoms. The van der Waals surface area contributed by atoms with Gasteiger partial charge in [0.2, 0.25) is 0 Å². The minimum Gasteiger partial charge on any atom is -0.445 e. The molecule has 18 heavy (non-hydrogen) atoms. The molecule has 100 valence electrons. The van der Waals surface area contributed by atoms with Crippen molar-refractivity contribution in [3.05, 3.63) is 23.8 Å². The van der Waals surface area contributed by atoms with E-state index in [-0.39, 0.29) is 6.61 Å². The molecule has 1 N–H and O–H groups in total. The number of rotatable bonds is 6. The Hall–Kier alpha value is -1.58. The normalized spacial score (nSPS) is 16.1. The molecule has 0 saturated heterocycles. The summed E-state index contributed by atoms with van der Waals surface area (Å²) in [5, 5.41) is 2.56. The van der Waals surface area contributed by atoms with E-state index < -0.39 is 12.1 Å². The molecule has 0 aliphatic heterocycles. The van der Waals surface area contributed by atoms with Gasteiger partial charge in [0, 0.05) is 0 Å². The Bertz CT molecular complexity index is 345. The summed E-state index contributed by atoms with van der Waals surface area (Å²) in [7, 11) is 0. The van der Waals surface area contributed by atoms with Crippen LogP contribution < -0.4 is 5.32 Å². The molecule has 1 atom stereocenters. The Labute approximate surface area is 108 Å². The van der Waals surface area contributed by atoms with Crippen molar-refractivity contribution in [3.8, 4) is 0 Å². The van der Waals surface area contributed by atoms with Gasteiger partial charge in [-0.05, 0) is 30.8 Å². The monoisotopic (exact) mass is 251 g/mol. The van der Waals surface area contributed by atoms with E-state index in [2.05, 4.69) is 17.5 Å². The van der Waals surface area contributed by atoms with Crippen molar-refractivity contribution >= 4 is 12.4 Å². The zero-order valence-corrected chi connectivity index (χ0v) is 11.0. The Balaban J connectivity index is 2.29. The van der Waals surface area contributed by atoms with Crippen molar-refractivity contribution in [1.29, 1.82) is 0 Å². The van der Waals surface area contributed by atoms with Gasteiger partial charge < -0.3 is 14.8 Å². The smallest absolute Gasteiger partial charge is 0.408 e. The summed E-state index contributed by atoms with van der Waals surface area (Å²) >= 11 is 0. The van der Waals surface area contributed by atoms with Crippen LogP contribution in [-0.4, -0.2) is 25.0 Å². The van der Waals surface area contributed by atoms with Gasteiger partial charge in [0.1, 0.15) is 12.9 Å². The number of aldehydes is 1.